The normalized spacial score (nSPS) is 12.0. The standard InChI is InChI=1S/C18H22F3N5/c1-13-6-3-4-7-14(13)12-26-17(22-2)25-11-10-24-16-15(18(19,20)21)8-5-9-23-16/h3-9H,10-12H2,1-2H3,(H,23,24)(H2,22,25,26). The monoisotopic (exact) mass is 365 g/mol. The number of hydrogen-bond donors (Lipinski definition) is 3. The summed E-state index contributed by atoms with van der Waals surface area (Å²) in [6.07, 6.45) is -3.11. The lowest BCUT2D eigenvalue weighted by Gasteiger charge is -2.15. The lowest BCUT2D eigenvalue weighted by atomic mass is 10.1. The zero-order valence-electron chi connectivity index (χ0n) is 14.7. The average Bonchev–Trinajstić information content (AvgIpc) is 2.62. The zero-order chi connectivity index (χ0) is 19.0. The highest BCUT2D eigenvalue weighted by Crippen LogP contribution is 2.33. The van der Waals surface area contributed by atoms with E-state index >= 15 is 0 Å². The number of benzene rings is 1. The van der Waals surface area contributed by atoms with Crippen molar-refractivity contribution in [1.29, 1.82) is 0 Å². The van der Waals surface area contributed by atoms with Gasteiger partial charge in [-0.05, 0) is 30.2 Å². The van der Waals surface area contributed by atoms with Crippen molar-refractivity contribution in [2.45, 2.75) is 19.6 Å². The maximum absolute atomic E-state index is 12.9. The van der Waals surface area contributed by atoms with Crippen molar-refractivity contribution >= 4 is 11.8 Å². The molecular weight excluding hydrogens is 343 g/mol. The van der Waals surface area contributed by atoms with Gasteiger partial charge in [-0.1, -0.05) is 24.3 Å². The Labute approximate surface area is 150 Å². The minimum absolute atomic E-state index is 0.176. The minimum Gasteiger partial charge on any atom is -0.368 e. The number of rotatable bonds is 6. The Bertz CT molecular complexity index is 744. The van der Waals surface area contributed by atoms with Gasteiger partial charge in [0.25, 0.3) is 0 Å². The smallest absolute Gasteiger partial charge is 0.368 e. The molecule has 2 aromatic rings. The van der Waals surface area contributed by atoms with Crippen LogP contribution in [-0.2, 0) is 12.7 Å². The molecule has 5 nitrogen and oxygen atoms in total. The molecular formula is C18H22F3N5. The third-order valence-corrected chi connectivity index (χ3v) is 3.75. The van der Waals surface area contributed by atoms with Gasteiger partial charge in [0, 0.05) is 32.9 Å². The number of guanidine groups is 1. The van der Waals surface area contributed by atoms with Crippen molar-refractivity contribution in [2.24, 2.45) is 4.99 Å². The summed E-state index contributed by atoms with van der Waals surface area (Å²) < 4.78 is 38.7. The molecule has 0 bridgehead atoms. The first-order valence-electron chi connectivity index (χ1n) is 8.17. The molecule has 0 aliphatic rings. The summed E-state index contributed by atoms with van der Waals surface area (Å²) in [4.78, 5) is 7.87. The van der Waals surface area contributed by atoms with Gasteiger partial charge in [-0.2, -0.15) is 13.2 Å². The Morgan fingerprint density at radius 1 is 1.08 bits per heavy atom. The first-order chi connectivity index (χ1) is 12.4. The van der Waals surface area contributed by atoms with Crippen molar-refractivity contribution in [3.8, 4) is 0 Å². The number of pyridine rings is 1. The SMILES string of the molecule is CN=C(NCCNc1ncccc1C(F)(F)F)NCc1ccccc1C. The average molecular weight is 365 g/mol. The number of nitrogens with one attached hydrogen (secondary N) is 3. The number of alkyl halides is 3. The summed E-state index contributed by atoms with van der Waals surface area (Å²) in [7, 11) is 1.64. The van der Waals surface area contributed by atoms with E-state index in [0.29, 0.717) is 19.0 Å². The van der Waals surface area contributed by atoms with Gasteiger partial charge >= 0.3 is 6.18 Å². The van der Waals surface area contributed by atoms with E-state index in [2.05, 4.69) is 25.9 Å². The second-order valence-electron chi connectivity index (χ2n) is 5.60. The molecule has 0 amide bonds. The van der Waals surface area contributed by atoms with Crippen LogP contribution in [0.4, 0.5) is 19.0 Å². The third kappa shape index (κ3) is 5.65. The third-order valence-electron chi connectivity index (χ3n) is 3.75. The Balaban J connectivity index is 1.81. The highest BCUT2D eigenvalue weighted by atomic mass is 19.4. The Morgan fingerprint density at radius 3 is 2.54 bits per heavy atom. The number of halogens is 3. The largest absolute Gasteiger partial charge is 0.419 e. The fourth-order valence-electron chi connectivity index (χ4n) is 2.34. The first kappa shape index (κ1) is 19.6. The molecule has 0 spiro atoms. The number of aromatic nitrogens is 1. The fraction of sp³-hybridized carbons (Fsp3) is 0.333. The summed E-state index contributed by atoms with van der Waals surface area (Å²) in [5.41, 5.74) is 1.55. The predicted octanol–water partition coefficient (Wildman–Crippen LogP) is 3.19. The summed E-state index contributed by atoms with van der Waals surface area (Å²) >= 11 is 0. The van der Waals surface area contributed by atoms with E-state index in [0.717, 1.165) is 11.6 Å². The second-order valence-corrected chi connectivity index (χ2v) is 5.60. The molecule has 0 aliphatic heterocycles. The van der Waals surface area contributed by atoms with Gasteiger partial charge in [0.1, 0.15) is 5.82 Å². The van der Waals surface area contributed by atoms with E-state index in [1.54, 1.807) is 7.05 Å². The maximum Gasteiger partial charge on any atom is 0.419 e. The van der Waals surface area contributed by atoms with Gasteiger partial charge in [0.05, 0.1) is 5.56 Å². The van der Waals surface area contributed by atoms with Gasteiger partial charge in [-0.25, -0.2) is 4.98 Å². The molecule has 0 radical (unpaired) electrons. The quantitative estimate of drug-likeness (QED) is 0.418. The molecule has 0 saturated carbocycles. The number of nitrogens with zero attached hydrogens (tertiary/aromatic N) is 2. The van der Waals surface area contributed by atoms with E-state index in [-0.39, 0.29) is 12.4 Å². The van der Waals surface area contributed by atoms with Crippen LogP contribution in [0.1, 0.15) is 16.7 Å². The van der Waals surface area contributed by atoms with E-state index in [4.69, 9.17) is 0 Å². The minimum atomic E-state index is -4.44. The van der Waals surface area contributed by atoms with E-state index in [9.17, 15) is 13.2 Å². The van der Waals surface area contributed by atoms with E-state index in [1.807, 2.05) is 31.2 Å². The molecule has 1 heterocycles. The molecule has 0 aliphatic carbocycles. The molecule has 140 valence electrons. The Hall–Kier alpha value is -2.77. The molecule has 8 heteroatoms. The summed E-state index contributed by atoms with van der Waals surface area (Å²) in [5, 5.41) is 8.94. The summed E-state index contributed by atoms with van der Waals surface area (Å²) in [5.74, 6) is 0.400. The molecule has 2 rings (SSSR count). The van der Waals surface area contributed by atoms with Crippen LogP contribution in [-0.4, -0.2) is 31.1 Å². The Morgan fingerprint density at radius 2 is 1.85 bits per heavy atom. The van der Waals surface area contributed by atoms with Crippen LogP contribution in [0.25, 0.3) is 0 Å². The van der Waals surface area contributed by atoms with Crippen LogP contribution in [0.3, 0.4) is 0 Å². The maximum atomic E-state index is 12.9. The highest BCUT2D eigenvalue weighted by Gasteiger charge is 2.33. The van der Waals surface area contributed by atoms with Gasteiger partial charge in [-0.3, -0.25) is 4.99 Å². The van der Waals surface area contributed by atoms with Gasteiger partial charge in [0.2, 0.25) is 0 Å². The number of hydrogen-bond acceptors (Lipinski definition) is 3. The predicted molar refractivity (Wildman–Crippen MR) is 97.1 cm³/mol. The molecule has 1 aromatic heterocycles. The van der Waals surface area contributed by atoms with E-state index in [1.165, 1.54) is 17.8 Å². The van der Waals surface area contributed by atoms with Gasteiger partial charge in [0.15, 0.2) is 5.96 Å². The fourth-order valence-corrected chi connectivity index (χ4v) is 2.34. The van der Waals surface area contributed by atoms with Crippen LogP contribution in [0.5, 0.6) is 0 Å². The van der Waals surface area contributed by atoms with Crippen LogP contribution in [0.15, 0.2) is 47.6 Å². The molecule has 0 atom stereocenters. The van der Waals surface area contributed by atoms with Crippen LogP contribution in [0.2, 0.25) is 0 Å². The lowest BCUT2D eigenvalue weighted by Crippen LogP contribution is -2.39. The van der Waals surface area contributed by atoms with Crippen LogP contribution >= 0.6 is 0 Å². The van der Waals surface area contributed by atoms with Crippen molar-refractivity contribution in [3.63, 3.8) is 0 Å². The van der Waals surface area contributed by atoms with Crippen LogP contribution in [0, 0.1) is 6.92 Å². The molecule has 3 N–H and O–H groups in total. The lowest BCUT2D eigenvalue weighted by molar-refractivity contribution is -0.137. The molecule has 0 fully saturated rings. The number of aryl methyl sites for hydroxylation is 1. The summed E-state index contributed by atoms with van der Waals surface area (Å²) in [6.45, 7) is 3.30. The van der Waals surface area contributed by atoms with E-state index < -0.39 is 11.7 Å². The highest BCUT2D eigenvalue weighted by molar-refractivity contribution is 5.79. The first-order valence-corrected chi connectivity index (χ1v) is 8.17. The second kappa shape index (κ2) is 9.07. The van der Waals surface area contributed by atoms with Crippen molar-refractivity contribution in [3.05, 3.63) is 59.3 Å². The summed E-state index contributed by atoms with van der Waals surface area (Å²) in [6, 6.07) is 10.3. The molecule has 1 aromatic carbocycles. The van der Waals surface area contributed by atoms with Crippen LogP contribution < -0.4 is 16.0 Å². The topological polar surface area (TPSA) is 61.3 Å². The molecule has 0 unspecified atom stereocenters. The van der Waals surface area contributed by atoms with Gasteiger partial charge in [-0.15, -0.1) is 0 Å². The molecule has 0 saturated heterocycles. The van der Waals surface area contributed by atoms with Gasteiger partial charge < -0.3 is 16.0 Å². The number of anilines is 1. The number of aliphatic imine (C=N–C) groups is 1. The van der Waals surface area contributed by atoms with Crippen molar-refractivity contribution < 1.29 is 13.2 Å². The van der Waals surface area contributed by atoms with Crippen molar-refractivity contribution in [1.82, 2.24) is 15.6 Å². The van der Waals surface area contributed by atoms with Crippen molar-refractivity contribution in [2.75, 3.05) is 25.5 Å². The molecule has 26 heavy (non-hydrogen) atoms. The zero-order valence-corrected chi connectivity index (χ0v) is 14.7. The Kier molecular flexibility index (Phi) is 6.82.